The molecule has 0 heterocycles. The third kappa shape index (κ3) is 35.4. The Morgan fingerprint density at radius 2 is 1.00 bits per heavy atom. The van der Waals surface area contributed by atoms with E-state index in [9.17, 15) is 0 Å². The molecule has 0 saturated heterocycles. The van der Waals surface area contributed by atoms with Crippen molar-refractivity contribution in [3.63, 3.8) is 0 Å². The maximum Gasteiger partial charge on any atom is 0 e. The minimum atomic E-state index is 0. The van der Waals surface area contributed by atoms with Crippen molar-refractivity contribution in [3.05, 3.63) is 111 Å². The Labute approximate surface area is 291 Å². The minimum Gasteiger partial charge on any atom is -0.770 e. The quantitative estimate of drug-likeness (QED) is 0.327. The van der Waals surface area contributed by atoms with Crippen LogP contribution in [0.5, 0.6) is 0 Å². The zero-order chi connectivity index (χ0) is 13.8. The van der Waals surface area contributed by atoms with Gasteiger partial charge in [-0.1, -0.05) is 35.9 Å². The second kappa shape index (κ2) is 42.9. The zero-order valence-corrected chi connectivity index (χ0v) is 31.1. The fourth-order valence-corrected chi connectivity index (χ4v) is 1.20. The van der Waals surface area contributed by atoms with Crippen LogP contribution < -0.4 is 0 Å². The van der Waals surface area contributed by atoms with E-state index in [1.807, 2.05) is 36.4 Å². The third-order valence-electron chi connectivity index (χ3n) is 1.81. The number of rotatable bonds is 1. The van der Waals surface area contributed by atoms with Gasteiger partial charge < -0.3 is 55.2 Å². The summed E-state index contributed by atoms with van der Waals surface area (Å²) >= 11 is 0. The van der Waals surface area contributed by atoms with Crippen molar-refractivity contribution in [1.29, 1.82) is 0 Å². The monoisotopic (exact) mass is 728 g/mol. The maximum atomic E-state index is 3.25. The van der Waals surface area contributed by atoms with Gasteiger partial charge in [0.1, 0.15) is 0 Å². The van der Waals surface area contributed by atoms with E-state index in [0.717, 1.165) is 0 Å². The van der Waals surface area contributed by atoms with Crippen molar-refractivity contribution in [2.45, 2.75) is 6.92 Å². The molecule has 0 fully saturated rings. The molecule has 6 heteroatoms. The average Bonchev–Trinajstić information content (AvgIpc) is 2.42. The number of hydrogen-bond acceptors (Lipinski definition) is 1. The predicted molar refractivity (Wildman–Crippen MR) is 98.9 cm³/mol. The van der Waals surface area contributed by atoms with Gasteiger partial charge in [-0.3, -0.25) is 0 Å². The van der Waals surface area contributed by atoms with Gasteiger partial charge in [0.2, 0.25) is 0 Å². The molecule has 1 nitrogen and oxygen atoms in total. The molecule has 0 saturated carbocycles. The van der Waals surface area contributed by atoms with E-state index in [4.69, 9.17) is 0 Å². The fraction of sp³-hybridized carbons (Fsp3) is 0.0500. The molecule has 0 aliphatic heterocycles. The average molecular weight is 728 g/mol. The van der Waals surface area contributed by atoms with Gasteiger partial charge in [-0.25, -0.2) is 0 Å². The molecule has 2 rings (SSSR count). The predicted octanol–water partition coefficient (Wildman–Crippen LogP) is 6.00. The van der Waals surface area contributed by atoms with Crippen LogP contribution in [-0.2, 0) is 164 Å². The van der Waals surface area contributed by atoms with Gasteiger partial charge in [0.15, 0.2) is 0 Å². The molecule has 26 heavy (non-hydrogen) atoms. The van der Waals surface area contributed by atoms with Crippen LogP contribution in [0.2, 0.25) is 0 Å². The molecule has 0 aliphatic rings. The Hall–Kier alpha value is 3.92. The van der Waals surface area contributed by atoms with Gasteiger partial charge >= 0.3 is 0 Å². The van der Waals surface area contributed by atoms with E-state index in [2.05, 4.69) is 52.3 Å². The van der Waals surface area contributed by atoms with Gasteiger partial charge in [-0.05, 0) is 0 Å². The summed E-state index contributed by atoms with van der Waals surface area (Å²) in [6.45, 7) is 5.00. The van der Waals surface area contributed by atoms with Crippen LogP contribution in [0.15, 0.2) is 54.6 Å². The number of nitrogens with zero attached hydrogens (tertiary/aromatic N) is 1. The SMILES string of the molecule is [CH2-]C.[CH2-]N([CH2-])[CH2-].[CH3-].[CH3-].[CH3-].[Y].[Y].[Y].[Y].[Y].[c-]1cccc(-c2ccccc2)c1. The Morgan fingerprint density at radius 3 is 1.31 bits per heavy atom. The topological polar surface area (TPSA) is 3.24 Å². The van der Waals surface area contributed by atoms with Crippen LogP contribution >= 0.6 is 0 Å². The standard InChI is InChI=1S/C12H9.C3H6N.C2H5.3CH3.5Y/c1-3-7-11(8-4-1)12-9-5-2-6-10-12;1-4(2)3;1-2;;;;;;;;/h1-5,7-10H;1-3H2;1H2,2H3;3*1H3;;;;;/q-1;-3;4*-1;;;;;. The first-order chi connectivity index (χ1) is 8.70. The minimum absolute atomic E-state index is 0. The first kappa shape index (κ1) is 57.2. The van der Waals surface area contributed by atoms with Crippen LogP contribution in [0.3, 0.4) is 0 Å². The van der Waals surface area contributed by atoms with Gasteiger partial charge in [0.05, 0.1) is 0 Å². The van der Waals surface area contributed by atoms with E-state index < -0.39 is 0 Å². The van der Waals surface area contributed by atoms with Gasteiger partial charge in [0, 0.05) is 164 Å². The molecule has 5 radical (unpaired) electrons. The van der Waals surface area contributed by atoms with E-state index >= 15 is 0 Å². The molecule has 2 aromatic rings. The third-order valence-corrected chi connectivity index (χ3v) is 1.81. The van der Waals surface area contributed by atoms with E-state index in [0.29, 0.717) is 0 Å². The van der Waals surface area contributed by atoms with Crippen molar-refractivity contribution in [1.82, 2.24) is 4.90 Å². The molecule has 0 amide bonds. The Bertz CT molecular complexity index is 357. The van der Waals surface area contributed by atoms with Crippen molar-refractivity contribution in [2.24, 2.45) is 0 Å². The molecule has 0 N–H and O–H groups in total. The maximum absolute atomic E-state index is 3.25. The normalized spacial score (nSPS) is 6.08. The summed E-state index contributed by atoms with van der Waals surface area (Å²) in [5, 5.41) is 0. The van der Waals surface area contributed by atoms with Crippen molar-refractivity contribution < 1.29 is 164 Å². The largest absolute Gasteiger partial charge is 0.770 e. The fourth-order valence-electron chi connectivity index (χ4n) is 1.20. The molecule has 0 unspecified atom stereocenters. The Balaban J connectivity index is -0.0000000269. The second-order valence-corrected chi connectivity index (χ2v) is 3.33. The van der Waals surface area contributed by atoms with Crippen LogP contribution in [0.25, 0.3) is 11.1 Å². The van der Waals surface area contributed by atoms with Crippen LogP contribution in [0.4, 0.5) is 0 Å². The van der Waals surface area contributed by atoms with E-state index in [1.165, 1.54) is 16.0 Å². The first-order valence-electron chi connectivity index (χ1n) is 5.64. The van der Waals surface area contributed by atoms with Crippen LogP contribution in [0.1, 0.15) is 6.92 Å². The van der Waals surface area contributed by atoms with Crippen molar-refractivity contribution in [2.75, 3.05) is 0 Å². The van der Waals surface area contributed by atoms with Gasteiger partial charge in [-0.15, -0.1) is 5.56 Å². The molecule has 0 aliphatic carbocycles. The molecule has 2 aromatic carbocycles. The molecule has 0 aromatic heterocycles. The second-order valence-electron chi connectivity index (χ2n) is 3.33. The van der Waals surface area contributed by atoms with Crippen LogP contribution in [-0.4, -0.2) is 4.90 Å². The summed E-state index contributed by atoms with van der Waals surface area (Å²) in [4.78, 5) is 1.25. The molecule has 0 spiro atoms. The molecular formula is C20H29NY5-8. The zero-order valence-electron chi connectivity index (χ0n) is 16.9. The smallest absolute Gasteiger partial charge is 0 e. The van der Waals surface area contributed by atoms with Crippen LogP contribution in [0, 0.1) is 56.4 Å². The molecule has 0 bridgehead atoms. The summed E-state index contributed by atoms with van der Waals surface area (Å²) in [5.74, 6) is 0. The Kier molecular flexibility index (Phi) is 94.4. The molecule has 0 atom stereocenters. The van der Waals surface area contributed by atoms with E-state index in [-0.39, 0.29) is 186 Å². The van der Waals surface area contributed by atoms with E-state index in [1.54, 1.807) is 6.92 Å². The summed E-state index contributed by atoms with van der Waals surface area (Å²) in [6, 6.07) is 21.4. The summed E-state index contributed by atoms with van der Waals surface area (Å²) < 4.78 is 0. The van der Waals surface area contributed by atoms with Crippen molar-refractivity contribution in [3.8, 4) is 11.1 Å². The molecule has 137 valence electrons. The number of hydrogen-bond donors (Lipinski definition) is 0. The van der Waals surface area contributed by atoms with Gasteiger partial charge in [0.25, 0.3) is 0 Å². The van der Waals surface area contributed by atoms with Gasteiger partial charge in [-0.2, -0.15) is 37.3 Å². The molecular weight excluding hydrogens is 699 g/mol. The first-order valence-corrected chi connectivity index (χ1v) is 5.64. The summed E-state index contributed by atoms with van der Waals surface area (Å²) in [6.07, 6.45) is 0. The van der Waals surface area contributed by atoms with Crippen molar-refractivity contribution >= 4 is 0 Å². The Morgan fingerprint density at radius 1 is 0.654 bits per heavy atom. The number of benzene rings is 2. The summed E-state index contributed by atoms with van der Waals surface area (Å²) in [5.41, 5.74) is 2.47. The summed E-state index contributed by atoms with van der Waals surface area (Å²) in [7, 11) is 9.75.